The van der Waals surface area contributed by atoms with Crippen LogP contribution in [0.15, 0.2) is 234 Å². The Bertz CT molecular complexity index is 5560. The molecular weight excluding hydrogens is 1370 g/mol. The quantitative estimate of drug-likeness (QED) is 0.0707. The van der Waals surface area contributed by atoms with Crippen molar-refractivity contribution in [3.63, 3.8) is 0 Å². The van der Waals surface area contributed by atoms with Crippen LogP contribution in [0, 0.1) is 34.9 Å². The first-order valence-corrected chi connectivity index (χ1v) is 34.3. The number of esters is 2. The molecule has 4 heterocycles. The predicted octanol–water partition coefficient (Wildman–Crippen LogP) is 18.3. The number of ether oxygens (including phenoxy) is 2. The fraction of sp³-hybridized carbons (Fsp3) is 0.105. The molecule has 0 bridgehead atoms. The summed E-state index contributed by atoms with van der Waals surface area (Å²) in [7, 11) is -6.52. The van der Waals surface area contributed by atoms with Crippen molar-refractivity contribution < 1.29 is 71.5 Å². The standard InChI is InChI=1S/C28H18ClF2NO4S.C26H24BF2NO4S.C22H14ClF2NO2/c1-36-28(33)18-10-12-21(22(29)15-18)17-11-13-25-19(14-17)16-26(27-23(30)8-5-9-24(27)31)32(25)37(34,35)20-6-3-2-4-7-20;1-25(2)26(3,4)34-27(33-25)18-13-14-22-17(15-18)16-23(24-20(28)11-8-12-21(24)29)30(22)35(31,32)19-9-6-5-7-10-19;1-28-22(27)13-5-7-15(16(23)10-13)12-6-8-19-14(9-12)11-20(26-19)21-17(24)3-2-4-18(21)25/h2-16H,1H3;5-16H,1-4H3;2-11,26H,1H3. The second-order valence-electron chi connectivity index (χ2n) is 24.1. The molecule has 0 saturated carbocycles. The Morgan fingerprint density at radius 2 is 0.830 bits per heavy atom. The van der Waals surface area contributed by atoms with Crippen LogP contribution in [0.5, 0.6) is 0 Å². The molecule has 1 saturated heterocycles. The van der Waals surface area contributed by atoms with Crippen molar-refractivity contribution >= 4 is 100 Å². The van der Waals surface area contributed by atoms with E-state index in [1.165, 1.54) is 87.0 Å². The highest BCUT2D eigenvalue weighted by Gasteiger charge is 2.52. The molecule has 0 atom stereocenters. The number of benzene rings is 10. The molecule has 13 aromatic rings. The summed E-state index contributed by atoms with van der Waals surface area (Å²) in [6, 6.07) is 55.6. The zero-order chi connectivity index (χ0) is 71.3. The van der Waals surface area contributed by atoms with E-state index in [4.69, 9.17) is 42.0 Å². The predicted molar refractivity (Wildman–Crippen MR) is 376 cm³/mol. The van der Waals surface area contributed by atoms with Gasteiger partial charge >= 0.3 is 19.1 Å². The summed E-state index contributed by atoms with van der Waals surface area (Å²) in [5.41, 5.74) is 3.30. The van der Waals surface area contributed by atoms with Gasteiger partial charge in [-0.1, -0.05) is 114 Å². The molecule has 1 N–H and O–H groups in total. The number of carbonyl (C=O) groups excluding carboxylic acids is 2. The third kappa shape index (κ3) is 13.2. The number of rotatable bonds is 12. The van der Waals surface area contributed by atoms with Gasteiger partial charge in [-0.3, -0.25) is 0 Å². The van der Waals surface area contributed by atoms with Crippen LogP contribution >= 0.6 is 23.2 Å². The lowest BCUT2D eigenvalue weighted by molar-refractivity contribution is 0.00578. The number of carbonyl (C=O) groups is 2. The van der Waals surface area contributed by atoms with Crippen LogP contribution in [-0.4, -0.2) is 74.2 Å². The van der Waals surface area contributed by atoms with Gasteiger partial charge in [0.2, 0.25) is 0 Å². The summed E-state index contributed by atoms with van der Waals surface area (Å²) in [4.78, 5) is 26.5. The number of nitrogens with zero attached hydrogens (tertiary/aromatic N) is 2. The number of H-pyrrole nitrogens is 1. The number of halogens is 8. The summed E-state index contributed by atoms with van der Waals surface area (Å²) in [5, 5.41) is 2.36. The molecule has 10 aromatic carbocycles. The number of aromatic amines is 1. The highest BCUT2D eigenvalue weighted by Crippen LogP contribution is 2.42. The molecule has 0 unspecified atom stereocenters. The first kappa shape index (κ1) is 69.7. The largest absolute Gasteiger partial charge is 0.494 e. The number of nitrogens with one attached hydrogen (secondary N) is 1. The Morgan fingerprint density at radius 1 is 0.440 bits per heavy atom. The number of aromatic nitrogens is 3. The van der Waals surface area contributed by atoms with Crippen molar-refractivity contribution in [2.75, 3.05) is 14.2 Å². The summed E-state index contributed by atoms with van der Waals surface area (Å²) in [5.74, 6) is -5.77. The van der Waals surface area contributed by atoms with E-state index in [0.717, 1.165) is 54.2 Å². The van der Waals surface area contributed by atoms with Crippen molar-refractivity contribution in [3.05, 3.63) is 281 Å². The molecule has 0 amide bonds. The molecule has 1 fully saturated rings. The maximum atomic E-state index is 14.9. The minimum Gasteiger partial charge on any atom is -0.465 e. The van der Waals surface area contributed by atoms with E-state index in [1.54, 1.807) is 109 Å². The molecule has 0 radical (unpaired) electrons. The van der Waals surface area contributed by atoms with Crippen LogP contribution in [0.25, 0.3) is 88.7 Å². The fourth-order valence-corrected chi connectivity index (χ4v) is 15.3. The zero-order valence-electron chi connectivity index (χ0n) is 53.8. The highest BCUT2D eigenvalue weighted by atomic mass is 35.5. The minimum atomic E-state index is -4.23. The van der Waals surface area contributed by atoms with Crippen LogP contribution < -0.4 is 5.46 Å². The lowest BCUT2D eigenvalue weighted by atomic mass is 9.78. The van der Waals surface area contributed by atoms with E-state index in [1.807, 2.05) is 45.9 Å². The Kier molecular flexibility index (Phi) is 19.2. The van der Waals surface area contributed by atoms with Gasteiger partial charge in [0.25, 0.3) is 20.0 Å². The fourth-order valence-electron chi connectivity index (χ4n) is 11.6. The lowest BCUT2D eigenvalue weighted by Gasteiger charge is -2.32. The van der Waals surface area contributed by atoms with E-state index in [2.05, 4.69) is 4.98 Å². The summed E-state index contributed by atoms with van der Waals surface area (Å²) >= 11 is 12.8. The van der Waals surface area contributed by atoms with E-state index in [0.29, 0.717) is 43.6 Å². The van der Waals surface area contributed by atoms with E-state index in [-0.39, 0.29) is 48.4 Å². The highest BCUT2D eigenvalue weighted by molar-refractivity contribution is 7.90. The van der Waals surface area contributed by atoms with Crippen LogP contribution in [-0.2, 0) is 38.8 Å². The van der Waals surface area contributed by atoms with Crippen molar-refractivity contribution in [2.24, 2.45) is 0 Å². The van der Waals surface area contributed by atoms with Crippen LogP contribution in [0.2, 0.25) is 10.0 Å². The monoisotopic (exact) mass is 1430 g/mol. The minimum absolute atomic E-state index is 0.00512. The van der Waals surface area contributed by atoms with Gasteiger partial charge in [0.05, 0.1) is 91.1 Å². The van der Waals surface area contributed by atoms with Gasteiger partial charge in [-0.2, -0.15) is 0 Å². The molecule has 1 aliphatic rings. The smallest absolute Gasteiger partial charge is 0.465 e. The number of hydrogen-bond acceptors (Lipinski definition) is 10. The SMILES string of the molecule is CC1(C)OB(c2ccc3c(c2)cc(-c2c(F)cccc2F)n3S(=O)(=O)c2ccccc2)OC1(C)C.COC(=O)c1ccc(-c2ccc3[nH]c(-c4c(F)cccc4F)cc3c2)c(Cl)c1.COC(=O)c1ccc(-c2ccc3c(c2)cc(-c2c(F)cccc2F)n3S(=O)(=O)c2ccccc2)c(Cl)c1. The molecule has 13 nitrogen and oxygen atoms in total. The Balaban J connectivity index is 0.000000144. The number of methoxy groups -OCH3 is 2. The molecule has 14 rings (SSSR count). The average molecular weight is 1430 g/mol. The molecule has 24 heteroatoms. The topological polar surface area (TPSA) is 165 Å². The Morgan fingerprint density at radius 3 is 1.25 bits per heavy atom. The maximum Gasteiger partial charge on any atom is 0.494 e. The van der Waals surface area contributed by atoms with Gasteiger partial charge in [-0.25, -0.2) is 60.7 Å². The van der Waals surface area contributed by atoms with Gasteiger partial charge in [-0.05, 0) is 178 Å². The molecule has 0 spiro atoms. The van der Waals surface area contributed by atoms with Gasteiger partial charge in [-0.15, -0.1) is 0 Å². The van der Waals surface area contributed by atoms with Crippen LogP contribution in [0.3, 0.4) is 0 Å². The molecule has 0 aliphatic carbocycles. The summed E-state index contributed by atoms with van der Waals surface area (Å²) < 4.78 is 166. The Labute approximate surface area is 580 Å². The van der Waals surface area contributed by atoms with Crippen molar-refractivity contribution in [3.8, 4) is 56.0 Å². The van der Waals surface area contributed by atoms with E-state index in [9.17, 15) is 52.8 Å². The molecular formula is C76H56BCl2F6N3O10S2. The van der Waals surface area contributed by atoms with Crippen LogP contribution in [0.4, 0.5) is 26.3 Å². The molecule has 506 valence electrons. The van der Waals surface area contributed by atoms with Gasteiger partial charge < -0.3 is 23.8 Å². The van der Waals surface area contributed by atoms with Gasteiger partial charge in [0.15, 0.2) is 0 Å². The maximum absolute atomic E-state index is 14.9. The molecule has 100 heavy (non-hydrogen) atoms. The normalized spacial score (nSPS) is 13.4. The Hall–Kier alpha value is -10.2. The molecule has 1 aliphatic heterocycles. The third-order valence-electron chi connectivity index (χ3n) is 17.3. The first-order chi connectivity index (χ1) is 47.6. The summed E-state index contributed by atoms with van der Waals surface area (Å²) in [6.45, 7) is 7.75. The third-order valence-corrected chi connectivity index (χ3v) is 21.4. The van der Waals surface area contributed by atoms with E-state index >= 15 is 0 Å². The van der Waals surface area contributed by atoms with Crippen LogP contribution in [0.1, 0.15) is 48.4 Å². The summed E-state index contributed by atoms with van der Waals surface area (Å²) in [6.07, 6.45) is 0. The van der Waals surface area contributed by atoms with E-state index < -0.39 is 96.3 Å². The first-order valence-electron chi connectivity index (χ1n) is 30.6. The number of fused-ring (bicyclic) bond motifs is 3. The molecule has 3 aromatic heterocycles. The second kappa shape index (κ2) is 27.5. The van der Waals surface area contributed by atoms with Crippen molar-refractivity contribution in [2.45, 2.75) is 48.7 Å². The average Bonchev–Trinajstić information content (AvgIpc) is 1.54. The lowest BCUT2D eigenvalue weighted by Crippen LogP contribution is -2.41. The van der Waals surface area contributed by atoms with Gasteiger partial charge in [0.1, 0.15) is 34.9 Å². The van der Waals surface area contributed by atoms with Crippen molar-refractivity contribution in [1.82, 2.24) is 12.9 Å². The van der Waals surface area contributed by atoms with Gasteiger partial charge in [0, 0.05) is 42.8 Å². The second-order valence-corrected chi connectivity index (χ2v) is 28.4. The zero-order valence-corrected chi connectivity index (χ0v) is 56.9. The van der Waals surface area contributed by atoms with Crippen molar-refractivity contribution in [1.29, 1.82) is 0 Å². The number of hydrogen-bond donors (Lipinski definition) is 1.